The number of carboxylic acid groups (broad SMARTS) is 1. The van der Waals surface area contributed by atoms with Crippen LogP contribution in [0.3, 0.4) is 0 Å². The zero-order chi connectivity index (χ0) is 15.0. The molecule has 1 aromatic rings. The fraction of sp³-hybridized carbons (Fsp3) is 0.500. The molecule has 1 amide bonds. The predicted molar refractivity (Wildman–Crippen MR) is 76.6 cm³/mol. The lowest BCUT2D eigenvalue weighted by molar-refractivity contribution is -0.141. The lowest BCUT2D eigenvalue weighted by atomic mass is 10.1. The summed E-state index contributed by atoms with van der Waals surface area (Å²) in [7, 11) is 0. The van der Waals surface area contributed by atoms with Crippen LogP contribution in [0.25, 0.3) is 6.08 Å². The van der Waals surface area contributed by atoms with Gasteiger partial charge in [-0.1, -0.05) is 6.92 Å². The zero-order valence-corrected chi connectivity index (χ0v) is 12.0. The Hall–Kier alpha value is -2.04. The number of carbonyl (C=O) groups excluding carboxylic acids is 1. The van der Waals surface area contributed by atoms with Crippen molar-refractivity contribution in [1.29, 1.82) is 0 Å². The average molecular weight is 289 g/mol. The van der Waals surface area contributed by atoms with Gasteiger partial charge >= 0.3 is 5.97 Å². The molecule has 5 nitrogen and oxygen atoms in total. The minimum Gasteiger partial charge on any atom is -0.481 e. The highest BCUT2D eigenvalue weighted by molar-refractivity contribution is 5.92. The van der Waals surface area contributed by atoms with Crippen LogP contribution in [0.5, 0.6) is 0 Å². The van der Waals surface area contributed by atoms with E-state index in [1.54, 1.807) is 11.0 Å². The molecule has 2 aliphatic rings. The molecule has 1 saturated carbocycles. The van der Waals surface area contributed by atoms with Crippen molar-refractivity contribution in [3.8, 4) is 0 Å². The smallest absolute Gasteiger partial charge is 0.308 e. The average Bonchev–Trinajstić information content (AvgIpc) is 2.90. The molecule has 112 valence electrons. The molecular formula is C16H19NO4. The molecule has 1 N–H and O–H groups in total. The first-order chi connectivity index (χ1) is 10.0. The van der Waals surface area contributed by atoms with Crippen LogP contribution in [-0.4, -0.2) is 35.0 Å². The van der Waals surface area contributed by atoms with E-state index in [9.17, 15) is 9.59 Å². The number of hydrogen-bond acceptors (Lipinski definition) is 3. The predicted octanol–water partition coefficient (Wildman–Crippen LogP) is 2.35. The van der Waals surface area contributed by atoms with Gasteiger partial charge in [-0.2, -0.15) is 0 Å². The molecule has 3 atom stereocenters. The third-order valence-corrected chi connectivity index (χ3v) is 4.36. The van der Waals surface area contributed by atoms with Crippen molar-refractivity contribution in [1.82, 2.24) is 4.90 Å². The van der Waals surface area contributed by atoms with Crippen LogP contribution in [-0.2, 0) is 9.59 Å². The van der Waals surface area contributed by atoms with Crippen molar-refractivity contribution >= 4 is 18.0 Å². The van der Waals surface area contributed by atoms with Crippen LogP contribution in [0.4, 0.5) is 0 Å². The van der Waals surface area contributed by atoms with Gasteiger partial charge < -0.3 is 14.4 Å². The van der Waals surface area contributed by atoms with Crippen molar-refractivity contribution < 1.29 is 19.1 Å². The van der Waals surface area contributed by atoms with E-state index in [-0.39, 0.29) is 5.91 Å². The number of hydrogen-bond donors (Lipinski definition) is 1. The first-order valence-electron chi connectivity index (χ1n) is 7.34. The quantitative estimate of drug-likeness (QED) is 0.864. The topological polar surface area (TPSA) is 70.8 Å². The van der Waals surface area contributed by atoms with Gasteiger partial charge in [0, 0.05) is 25.1 Å². The normalized spacial score (nSPS) is 28.2. The van der Waals surface area contributed by atoms with Crippen molar-refractivity contribution in [2.75, 3.05) is 13.1 Å². The Labute approximate surface area is 123 Å². The summed E-state index contributed by atoms with van der Waals surface area (Å²) in [5, 5.41) is 8.93. The zero-order valence-electron chi connectivity index (χ0n) is 12.0. The summed E-state index contributed by atoms with van der Waals surface area (Å²) in [6.07, 6.45) is 4.81. The van der Waals surface area contributed by atoms with Crippen molar-refractivity contribution in [2.24, 2.45) is 11.8 Å². The van der Waals surface area contributed by atoms with Gasteiger partial charge in [-0.05, 0) is 37.0 Å². The second kappa shape index (κ2) is 5.39. The first kappa shape index (κ1) is 13.9. The molecule has 0 radical (unpaired) electrons. The lowest BCUT2D eigenvalue weighted by Crippen LogP contribution is -2.28. The Balaban J connectivity index is 1.57. The summed E-state index contributed by atoms with van der Waals surface area (Å²) in [6.45, 7) is 2.99. The SMILES string of the molecule is CC1CC1c1ccc(/C=C/C(=O)N2CCC(C(=O)O)C2)o1. The molecule has 1 saturated heterocycles. The molecule has 5 heteroatoms. The van der Waals surface area contributed by atoms with Crippen LogP contribution < -0.4 is 0 Å². The van der Waals surface area contributed by atoms with Gasteiger partial charge in [-0.15, -0.1) is 0 Å². The third kappa shape index (κ3) is 3.01. The van der Waals surface area contributed by atoms with Gasteiger partial charge in [-0.3, -0.25) is 9.59 Å². The molecule has 3 unspecified atom stereocenters. The van der Waals surface area contributed by atoms with Crippen molar-refractivity contribution in [3.05, 3.63) is 29.7 Å². The third-order valence-electron chi connectivity index (χ3n) is 4.36. The highest BCUT2D eigenvalue weighted by Gasteiger charge is 2.36. The van der Waals surface area contributed by atoms with Crippen LogP contribution in [0.2, 0.25) is 0 Å². The largest absolute Gasteiger partial charge is 0.481 e. The van der Waals surface area contributed by atoms with Crippen LogP contribution in [0.15, 0.2) is 22.6 Å². The van der Waals surface area contributed by atoms with Gasteiger partial charge in [0.1, 0.15) is 11.5 Å². The Kier molecular flexibility index (Phi) is 3.57. The number of nitrogens with zero attached hydrogens (tertiary/aromatic N) is 1. The van der Waals surface area contributed by atoms with Crippen LogP contribution in [0.1, 0.15) is 37.2 Å². The molecule has 0 aromatic carbocycles. The molecule has 3 rings (SSSR count). The molecule has 1 aromatic heterocycles. The van der Waals surface area contributed by atoms with E-state index in [4.69, 9.17) is 9.52 Å². The molecule has 0 bridgehead atoms. The fourth-order valence-corrected chi connectivity index (χ4v) is 2.80. The number of rotatable bonds is 4. The Morgan fingerprint density at radius 3 is 2.81 bits per heavy atom. The number of aliphatic carboxylic acids is 1. The fourth-order valence-electron chi connectivity index (χ4n) is 2.80. The monoisotopic (exact) mass is 289 g/mol. The molecule has 1 aliphatic carbocycles. The van der Waals surface area contributed by atoms with Gasteiger partial charge in [0.2, 0.25) is 5.91 Å². The summed E-state index contributed by atoms with van der Waals surface area (Å²) in [4.78, 5) is 24.4. The van der Waals surface area contributed by atoms with Crippen molar-refractivity contribution in [2.45, 2.75) is 25.7 Å². The number of amides is 1. The van der Waals surface area contributed by atoms with Crippen LogP contribution >= 0.6 is 0 Å². The number of carboxylic acids is 1. The molecule has 0 spiro atoms. The van der Waals surface area contributed by atoms with Gasteiger partial charge in [0.25, 0.3) is 0 Å². The summed E-state index contributed by atoms with van der Waals surface area (Å²) < 4.78 is 5.70. The maximum atomic E-state index is 12.0. The highest BCUT2D eigenvalue weighted by atomic mass is 16.4. The summed E-state index contributed by atoms with van der Waals surface area (Å²) >= 11 is 0. The van der Waals surface area contributed by atoms with E-state index in [1.165, 1.54) is 12.5 Å². The van der Waals surface area contributed by atoms with Gasteiger partial charge in [0.05, 0.1) is 5.92 Å². The summed E-state index contributed by atoms with van der Waals surface area (Å²) in [5.74, 6) is 1.45. The standard InChI is InChI=1S/C16H19NO4/c1-10-8-13(10)14-4-2-12(21-14)3-5-15(18)17-7-6-11(9-17)16(19)20/h2-5,10-11,13H,6-9H2,1H3,(H,19,20)/b5-3+. The minimum atomic E-state index is -0.830. The minimum absolute atomic E-state index is 0.156. The maximum Gasteiger partial charge on any atom is 0.308 e. The Bertz CT molecular complexity index is 589. The summed E-state index contributed by atoms with van der Waals surface area (Å²) in [6, 6.07) is 3.84. The van der Waals surface area contributed by atoms with E-state index in [1.807, 2.05) is 12.1 Å². The first-order valence-corrected chi connectivity index (χ1v) is 7.34. The van der Waals surface area contributed by atoms with Gasteiger partial charge in [0.15, 0.2) is 0 Å². The molecule has 21 heavy (non-hydrogen) atoms. The lowest BCUT2D eigenvalue weighted by Gasteiger charge is -2.12. The summed E-state index contributed by atoms with van der Waals surface area (Å²) in [5.41, 5.74) is 0. The Morgan fingerprint density at radius 2 is 2.19 bits per heavy atom. The second-order valence-electron chi connectivity index (χ2n) is 6.00. The van der Waals surface area contributed by atoms with E-state index in [0.717, 1.165) is 5.76 Å². The van der Waals surface area contributed by atoms with Gasteiger partial charge in [-0.25, -0.2) is 0 Å². The number of furan rings is 1. The number of likely N-dealkylation sites (tertiary alicyclic amines) is 1. The Morgan fingerprint density at radius 1 is 1.43 bits per heavy atom. The van der Waals surface area contributed by atoms with E-state index in [0.29, 0.717) is 37.1 Å². The number of carbonyl (C=O) groups is 2. The molecule has 2 heterocycles. The maximum absolute atomic E-state index is 12.0. The van der Waals surface area contributed by atoms with Crippen molar-refractivity contribution in [3.63, 3.8) is 0 Å². The van der Waals surface area contributed by atoms with E-state index >= 15 is 0 Å². The molecular weight excluding hydrogens is 270 g/mol. The van der Waals surface area contributed by atoms with Crippen LogP contribution in [0, 0.1) is 11.8 Å². The van der Waals surface area contributed by atoms with E-state index < -0.39 is 11.9 Å². The molecule has 2 fully saturated rings. The second-order valence-corrected chi connectivity index (χ2v) is 6.00. The molecule has 1 aliphatic heterocycles. The highest BCUT2D eigenvalue weighted by Crippen LogP contribution is 2.47. The van der Waals surface area contributed by atoms with E-state index in [2.05, 4.69) is 6.92 Å².